The molecule has 0 rings (SSSR count). The summed E-state index contributed by atoms with van der Waals surface area (Å²) in [5.74, 6) is -1.23. The quantitative estimate of drug-likeness (QED) is 0.577. The molecule has 0 bridgehead atoms. The summed E-state index contributed by atoms with van der Waals surface area (Å²) in [6.07, 6.45) is 0. The molecule has 0 saturated heterocycles. The monoisotopic (exact) mass is 201 g/mol. The zero-order chi connectivity index (χ0) is 11.3. The van der Waals surface area contributed by atoms with E-state index in [0.29, 0.717) is 0 Å². The molecule has 0 aliphatic rings. The Balaban J connectivity index is 4.16. The van der Waals surface area contributed by atoms with Crippen molar-refractivity contribution in [2.75, 3.05) is 13.6 Å². The van der Waals surface area contributed by atoms with Gasteiger partial charge < -0.3 is 16.0 Å². The summed E-state index contributed by atoms with van der Waals surface area (Å²) in [5, 5.41) is 2.41. The van der Waals surface area contributed by atoms with E-state index in [9.17, 15) is 14.4 Å². The SMILES string of the molecule is CC(=O)N[C@@H](C)C(=O)N(C)CC(N)=O. The Kier molecular flexibility index (Phi) is 4.62. The van der Waals surface area contributed by atoms with E-state index in [-0.39, 0.29) is 18.4 Å². The van der Waals surface area contributed by atoms with Gasteiger partial charge in [0.25, 0.3) is 0 Å². The van der Waals surface area contributed by atoms with Gasteiger partial charge in [0, 0.05) is 14.0 Å². The van der Waals surface area contributed by atoms with Gasteiger partial charge in [0.2, 0.25) is 17.7 Å². The molecule has 14 heavy (non-hydrogen) atoms. The summed E-state index contributed by atoms with van der Waals surface area (Å²) in [4.78, 5) is 33.7. The Morgan fingerprint density at radius 1 is 1.43 bits per heavy atom. The molecule has 0 fully saturated rings. The van der Waals surface area contributed by atoms with Crippen LogP contribution < -0.4 is 11.1 Å². The number of carbonyl (C=O) groups is 3. The van der Waals surface area contributed by atoms with Crippen LogP contribution in [0.2, 0.25) is 0 Å². The zero-order valence-electron chi connectivity index (χ0n) is 8.53. The van der Waals surface area contributed by atoms with Crippen LogP contribution in [-0.4, -0.2) is 42.3 Å². The minimum atomic E-state index is -0.642. The van der Waals surface area contributed by atoms with Gasteiger partial charge >= 0.3 is 0 Å². The summed E-state index contributed by atoms with van der Waals surface area (Å²) in [5.41, 5.74) is 4.91. The topological polar surface area (TPSA) is 92.5 Å². The van der Waals surface area contributed by atoms with Crippen LogP contribution in [0.1, 0.15) is 13.8 Å². The van der Waals surface area contributed by atoms with Crippen LogP contribution in [0.4, 0.5) is 0 Å². The van der Waals surface area contributed by atoms with E-state index in [2.05, 4.69) is 5.32 Å². The smallest absolute Gasteiger partial charge is 0.245 e. The Hall–Kier alpha value is -1.59. The highest BCUT2D eigenvalue weighted by molar-refractivity contribution is 5.89. The van der Waals surface area contributed by atoms with Crippen molar-refractivity contribution in [1.82, 2.24) is 10.2 Å². The lowest BCUT2D eigenvalue weighted by molar-refractivity contribution is -0.136. The van der Waals surface area contributed by atoms with Crippen LogP contribution in [0, 0.1) is 0 Å². The summed E-state index contributed by atoms with van der Waals surface area (Å²) in [7, 11) is 1.45. The van der Waals surface area contributed by atoms with E-state index in [1.807, 2.05) is 0 Å². The highest BCUT2D eigenvalue weighted by Gasteiger charge is 2.18. The first-order valence-electron chi connectivity index (χ1n) is 4.15. The Labute approximate surface area is 82.4 Å². The van der Waals surface area contributed by atoms with Crippen molar-refractivity contribution in [1.29, 1.82) is 0 Å². The number of carbonyl (C=O) groups excluding carboxylic acids is 3. The fourth-order valence-electron chi connectivity index (χ4n) is 1.01. The van der Waals surface area contributed by atoms with Gasteiger partial charge in [-0.05, 0) is 6.92 Å². The minimum Gasteiger partial charge on any atom is -0.368 e. The molecule has 0 spiro atoms. The number of amides is 3. The van der Waals surface area contributed by atoms with Crippen molar-refractivity contribution in [2.45, 2.75) is 19.9 Å². The molecule has 3 N–H and O–H groups in total. The maximum Gasteiger partial charge on any atom is 0.245 e. The molecule has 6 nitrogen and oxygen atoms in total. The first-order valence-corrected chi connectivity index (χ1v) is 4.15. The predicted octanol–water partition coefficient (Wildman–Crippen LogP) is -1.55. The molecule has 0 saturated carbocycles. The lowest BCUT2D eigenvalue weighted by Crippen LogP contribution is -2.47. The molecule has 0 aliphatic carbocycles. The van der Waals surface area contributed by atoms with Crippen molar-refractivity contribution in [3.05, 3.63) is 0 Å². The van der Waals surface area contributed by atoms with Crippen LogP contribution in [-0.2, 0) is 14.4 Å². The Morgan fingerprint density at radius 3 is 2.29 bits per heavy atom. The van der Waals surface area contributed by atoms with Gasteiger partial charge in [0.1, 0.15) is 6.04 Å². The normalized spacial score (nSPS) is 11.6. The summed E-state index contributed by atoms with van der Waals surface area (Å²) in [6, 6.07) is -0.642. The van der Waals surface area contributed by atoms with E-state index in [4.69, 9.17) is 5.73 Å². The van der Waals surface area contributed by atoms with Crippen molar-refractivity contribution in [2.24, 2.45) is 5.73 Å². The molecule has 0 radical (unpaired) electrons. The van der Waals surface area contributed by atoms with Crippen molar-refractivity contribution >= 4 is 17.7 Å². The van der Waals surface area contributed by atoms with Crippen molar-refractivity contribution in [3.63, 3.8) is 0 Å². The Bertz CT molecular complexity index is 228. The number of nitrogens with zero attached hydrogens (tertiary/aromatic N) is 1. The molecule has 0 aromatic heterocycles. The fraction of sp³-hybridized carbons (Fsp3) is 0.625. The van der Waals surface area contributed by atoms with Crippen molar-refractivity contribution < 1.29 is 14.4 Å². The third-order valence-corrected chi connectivity index (χ3v) is 1.56. The molecule has 80 valence electrons. The first kappa shape index (κ1) is 12.4. The van der Waals surface area contributed by atoms with E-state index >= 15 is 0 Å². The molecule has 0 aliphatic heterocycles. The molecule has 0 heterocycles. The number of rotatable bonds is 4. The van der Waals surface area contributed by atoms with Crippen LogP contribution in [0.5, 0.6) is 0 Å². The summed E-state index contributed by atoms with van der Waals surface area (Å²) < 4.78 is 0. The molecule has 0 aromatic rings. The zero-order valence-corrected chi connectivity index (χ0v) is 8.53. The predicted molar refractivity (Wildman–Crippen MR) is 50.1 cm³/mol. The van der Waals surface area contributed by atoms with Gasteiger partial charge in [-0.25, -0.2) is 0 Å². The Morgan fingerprint density at radius 2 is 1.93 bits per heavy atom. The van der Waals surface area contributed by atoms with Crippen LogP contribution >= 0.6 is 0 Å². The maximum absolute atomic E-state index is 11.4. The number of nitrogens with two attached hydrogens (primary N) is 1. The van der Waals surface area contributed by atoms with E-state index < -0.39 is 11.9 Å². The van der Waals surface area contributed by atoms with Crippen LogP contribution in [0.15, 0.2) is 0 Å². The standard InChI is InChI=1S/C8H15N3O3/c1-5(10-6(2)12)8(14)11(3)4-7(9)13/h5H,4H2,1-3H3,(H2,9,13)(H,10,12)/t5-/m0/s1. The third-order valence-electron chi connectivity index (χ3n) is 1.56. The van der Waals surface area contributed by atoms with E-state index in [0.717, 1.165) is 0 Å². The highest BCUT2D eigenvalue weighted by atomic mass is 16.2. The molecule has 6 heteroatoms. The maximum atomic E-state index is 11.4. The number of nitrogens with one attached hydrogen (secondary N) is 1. The van der Waals surface area contributed by atoms with Gasteiger partial charge in [-0.1, -0.05) is 0 Å². The lowest BCUT2D eigenvalue weighted by Gasteiger charge is -2.20. The van der Waals surface area contributed by atoms with E-state index in [1.54, 1.807) is 6.92 Å². The minimum absolute atomic E-state index is 0.150. The van der Waals surface area contributed by atoms with Gasteiger partial charge in [-0.15, -0.1) is 0 Å². The van der Waals surface area contributed by atoms with Crippen LogP contribution in [0.3, 0.4) is 0 Å². The van der Waals surface area contributed by atoms with Gasteiger partial charge in [0.05, 0.1) is 6.54 Å². The third kappa shape index (κ3) is 4.44. The highest BCUT2D eigenvalue weighted by Crippen LogP contribution is 1.91. The van der Waals surface area contributed by atoms with Crippen molar-refractivity contribution in [3.8, 4) is 0 Å². The summed E-state index contributed by atoms with van der Waals surface area (Å²) >= 11 is 0. The number of primary amides is 1. The second-order valence-electron chi connectivity index (χ2n) is 3.08. The second kappa shape index (κ2) is 5.21. The van der Waals surface area contributed by atoms with Gasteiger partial charge in [-0.2, -0.15) is 0 Å². The molecular formula is C8H15N3O3. The number of hydrogen-bond donors (Lipinski definition) is 2. The van der Waals surface area contributed by atoms with Gasteiger partial charge in [0.15, 0.2) is 0 Å². The molecule has 1 atom stereocenters. The molecule has 3 amide bonds. The fourth-order valence-corrected chi connectivity index (χ4v) is 1.01. The largest absolute Gasteiger partial charge is 0.368 e. The molecule has 0 unspecified atom stereocenters. The van der Waals surface area contributed by atoms with E-state index in [1.165, 1.54) is 18.9 Å². The van der Waals surface area contributed by atoms with Crippen LogP contribution in [0.25, 0.3) is 0 Å². The summed E-state index contributed by atoms with van der Waals surface area (Å²) in [6.45, 7) is 2.71. The van der Waals surface area contributed by atoms with Gasteiger partial charge in [-0.3, -0.25) is 14.4 Å². The average Bonchev–Trinajstić information content (AvgIpc) is 2.00. The molecule has 0 aromatic carbocycles. The second-order valence-corrected chi connectivity index (χ2v) is 3.08. The first-order chi connectivity index (χ1) is 6.34. The number of hydrogen-bond acceptors (Lipinski definition) is 3. The molecular weight excluding hydrogens is 186 g/mol. The average molecular weight is 201 g/mol. The lowest BCUT2D eigenvalue weighted by atomic mass is 10.3. The number of likely N-dealkylation sites (N-methyl/N-ethyl adjacent to an activating group) is 1.